The molecule has 0 radical (unpaired) electrons. The molecule has 0 saturated heterocycles. The lowest BCUT2D eigenvalue weighted by Gasteiger charge is -2.08. The number of nitrogens with zero attached hydrogens (tertiary/aromatic N) is 1. The number of amides is 1. The molecular weight excluding hydrogens is 252 g/mol. The summed E-state index contributed by atoms with van der Waals surface area (Å²) >= 11 is 0. The van der Waals surface area contributed by atoms with Crippen molar-refractivity contribution in [3.63, 3.8) is 0 Å². The van der Waals surface area contributed by atoms with Gasteiger partial charge < -0.3 is 15.6 Å². The summed E-state index contributed by atoms with van der Waals surface area (Å²) in [6.45, 7) is 5.30. The number of aromatic amines is 1. The van der Waals surface area contributed by atoms with Crippen LogP contribution < -0.4 is 10.6 Å². The summed E-state index contributed by atoms with van der Waals surface area (Å²) in [5.41, 5.74) is 2.61. The Morgan fingerprint density at radius 2 is 2.25 bits per heavy atom. The molecule has 2 aromatic rings. The SMILES string of the molecule is CCCNC(=O)c1cccc(NCc2cnc(C)[nH]2)c1. The highest BCUT2D eigenvalue weighted by atomic mass is 16.1. The standard InChI is InChI=1S/C15H20N4O/c1-3-7-16-15(20)12-5-4-6-13(8-12)18-10-14-9-17-11(2)19-14/h4-6,8-9,18H,3,7,10H2,1-2H3,(H,16,20)(H,17,19). The van der Waals surface area contributed by atoms with Crippen molar-refractivity contribution in [3.05, 3.63) is 47.5 Å². The smallest absolute Gasteiger partial charge is 0.251 e. The normalized spacial score (nSPS) is 10.3. The Hall–Kier alpha value is -2.30. The molecule has 2 rings (SSSR count). The number of aryl methyl sites for hydroxylation is 1. The van der Waals surface area contributed by atoms with Crippen LogP contribution >= 0.6 is 0 Å². The molecule has 0 bridgehead atoms. The lowest BCUT2D eigenvalue weighted by atomic mass is 10.2. The number of carbonyl (C=O) groups excluding carboxylic acids is 1. The maximum atomic E-state index is 11.9. The van der Waals surface area contributed by atoms with Gasteiger partial charge in [-0.25, -0.2) is 4.98 Å². The third kappa shape index (κ3) is 3.85. The summed E-state index contributed by atoms with van der Waals surface area (Å²) in [6, 6.07) is 7.49. The fourth-order valence-corrected chi connectivity index (χ4v) is 1.87. The fourth-order valence-electron chi connectivity index (χ4n) is 1.87. The van der Waals surface area contributed by atoms with E-state index in [1.165, 1.54) is 0 Å². The second-order valence-electron chi connectivity index (χ2n) is 4.68. The summed E-state index contributed by atoms with van der Waals surface area (Å²) < 4.78 is 0. The molecule has 0 spiro atoms. The maximum absolute atomic E-state index is 11.9. The minimum atomic E-state index is -0.0344. The predicted octanol–water partition coefficient (Wildman–Crippen LogP) is 2.47. The molecule has 0 aliphatic heterocycles. The molecule has 1 aromatic carbocycles. The Balaban J connectivity index is 1.97. The van der Waals surface area contributed by atoms with Crippen molar-refractivity contribution in [2.45, 2.75) is 26.8 Å². The van der Waals surface area contributed by atoms with Crippen LogP contribution in [0.15, 0.2) is 30.5 Å². The fraction of sp³-hybridized carbons (Fsp3) is 0.333. The molecular formula is C15H20N4O. The van der Waals surface area contributed by atoms with Gasteiger partial charge in [-0.05, 0) is 31.5 Å². The van der Waals surface area contributed by atoms with Crippen LogP contribution in [-0.2, 0) is 6.54 Å². The van der Waals surface area contributed by atoms with Gasteiger partial charge in [0.25, 0.3) is 5.91 Å². The van der Waals surface area contributed by atoms with Gasteiger partial charge >= 0.3 is 0 Å². The van der Waals surface area contributed by atoms with Gasteiger partial charge in [-0.15, -0.1) is 0 Å². The molecule has 1 heterocycles. The van der Waals surface area contributed by atoms with E-state index in [1.54, 1.807) is 6.20 Å². The van der Waals surface area contributed by atoms with Gasteiger partial charge in [0.1, 0.15) is 5.82 Å². The van der Waals surface area contributed by atoms with Crippen LogP contribution in [0, 0.1) is 6.92 Å². The summed E-state index contributed by atoms with van der Waals surface area (Å²) in [7, 11) is 0. The lowest BCUT2D eigenvalue weighted by Crippen LogP contribution is -2.23. The lowest BCUT2D eigenvalue weighted by molar-refractivity contribution is 0.0953. The minimum Gasteiger partial charge on any atom is -0.379 e. The van der Waals surface area contributed by atoms with Crippen LogP contribution in [0.4, 0.5) is 5.69 Å². The minimum absolute atomic E-state index is 0.0344. The average molecular weight is 272 g/mol. The zero-order valence-electron chi connectivity index (χ0n) is 11.9. The highest BCUT2D eigenvalue weighted by Crippen LogP contribution is 2.12. The first-order valence-corrected chi connectivity index (χ1v) is 6.81. The monoisotopic (exact) mass is 272 g/mol. The summed E-state index contributed by atoms with van der Waals surface area (Å²) in [5.74, 6) is 0.863. The van der Waals surface area contributed by atoms with Crippen molar-refractivity contribution in [1.29, 1.82) is 0 Å². The van der Waals surface area contributed by atoms with E-state index in [4.69, 9.17) is 0 Å². The number of H-pyrrole nitrogens is 1. The molecule has 1 amide bonds. The van der Waals surface area contributed by atoms with E-state index in [0.29, 0.717) is 18.7 Å². The number of rotatable bonds is 6. The third-order valence-electron chi connectivity index (χ3n) is 2.90. The highest BCUT2D eigenvalue weighted by molar-refractivity contribution is 5.95. The molecule has 5 heteroatoms. The zero-order chi connectivity index (χ0) is 14.4. The van der Waals surface area contributed by atoms with E-state index in [-0.39, 0.29) is 5.91 Å². The molecule has 0 fully saturated rings. The van der Waals surface area contributed by atoms with Gasteiger partial charge in [0.05, 0.1) is 18.4 Å². The Bertz CT molecular complexity index is 577. The van der Waals surface area contributed by atoms with Gasteiger partial charge in [-0.1, -0.05) is 13.0 Å². The third-order valence-corrected chi connectivity index (χ3v) is 2.90. The zero-order valence-corrected chi connectivity index (χ0v) is 11.9. The van der Waals surface area contributed by atoms with E-state index in [2.05, 4.69) is 20.6 Å². The Labute approximate surface area is 118 Å². The van der Waals surface area contributed by atoms with Gasteiger partial charge in [0.15, 0.2) is 0 Å². The number of nitrogens with one attached hydrogen (secondary N) is 3. The van der Waals surface area contributed by atoms with Gasteiger partial charge in [-0.3, -0.25) is 4.79 Å². The molecule has 20 heavy (non-hydrogen) atoms. The molecule has 1 aromatic heterocycles. The van der Waals surface area contributed by atoms with Crippen molar-refractivity contribution >= 4 is 11.6 Å². The van der Waals surface area contributed by atoms with Crippen LogP contribution in [0.3, 0.4) is 0 Å². The van der Waals surface area contributed by atoms with Crippen molar-refractivity contribution in [1.82, 2.24) is 15.3 Å². The van der Waals surface area contributed by atoms with Crippen molar-refractivity contribution in [2.24, 2.45) is 0 Å². The van der Waals surface area contributed by atoms with E-state index in [0.717, 1.165) is 23.6 Å². The Morgan fingerprint density at radius 3 is 2.95 bits per heavy atom. The average Bonchev–Trinajstić information content (AvgIpc) is 2.88. The van der Waals surface area contributed by atoms with E-state index < -0.39 is 0 Å². The van der Waals surface area contributed by atoms with Crippen LogP contribution in [0.2, 0.25) is 0 Å². The number of hydrogen-bond acceptors (Lipinski definition) is 3. The molecule has 5 nitrogen and oxygen atoms in total. The molecule has 106 valence electrons. The van der Waals surface area contributed by atoms with Crippen LogP contribution in [0.5, 0.6) is 0 Å². The molecule has 0 atom stereocenters. The van der Waals surface area contributed by atoms with Gasteiger partial charge in [-0.2, -0.15) is 0 Å². The molecule has 0 unspecified atom stereocenters. The molecule has 0 aliphatic carbocycles. The molecule has 0 saturated carbocycles. The topological polar surface area (TPSA) is 69.8 Å². The highest BCUT2D eigenvalue weighted by Gasteiger charge is 2.05. The Kier molecular flexibility index (Phi) is 4.76. The van der Waals surface area contributed by atoms with Crippen LogP contribution in [0.1, 0.15) is 35.2 Å². The second-order valence-corrected chi connectivity index (χ2v) is 4.68. The number of anilines is 1. The van der Waals surface area contributed by atoms with Crippen molar-refractivity contribution in [2.75, 3.05) is 11.9 Å². The first-order chi connectivity index (χ1) is 9.69. The molecule has 3 N–H and O–H groups in total. The number of imidazole rings is 1. The van der Waals surface area contributed by atoms with E-state index in [1.807, 2.05) is 38.1 Å². The molecule has 0 aliphatic rings. The van der Waals surface area contributed by atoms with Crippen molar-refractivity contribution < 1.29 is 4.79 Å². The Morgan fingerprint density at radius 1 is 1.40 bits per heavy atom. The second kappa shape index (κ2) is 6.75. The van der Waals surface area contributed by atoms with Crippen LogP contribution in [0.25, 0.3) is 0 Å². The summed E-state index contributed by atoms with van der Waals surface area (Å²) in [4.78, 5) is 19.2. The quantitative estimate of drug-likeness (QED) is 0.756. The number of carbonyl (C=O) groups is 1. The number of benzene rings is 1. The van der Waals surface area contributed by atoms with Gasteiger partial charge in [0, 0.05) is 17.8 Å². The summed E-state index contributed by atoms with van der Waals surface area (Å²) in [5, 5.41) is 6.14. The van der Waals surface area contributed by atoms with E-state index in [9.17, 15) is 4.79 Å². The first kappa shape index (κ1) is 14.1. The first-order valence-electron chi connectivity index (χ1n) is 6.81. The predicted molar refractivity (Wildman–Crippen MR) is 79.7 cm³/mol. The van der Waals surface area contributed by atoms with Crippen molar-refractivity contribution in [3.8, 4) is 0 Å². The number of hydrogen-bond donors (Lipinski definition) is 3. The largest absolute Gasteiger partial charge is 0.379 e. The maximum Gasteiger partial charge on any atom is 0.251 e. The number of aromatic nitrogens is 2. The van der Waals surface area contributed by atoms with Gasteiger partial charge in [0.2, 0.25) is 0 Å². The van der Waals surface area contributed by atoms with E-state index >= 15 is 0 Å². The van der Waals surface area contributed by atoms with Crippen LogP contribution in [-0.4, -0.2) is 22.4 Å². The summed E-state index contributed by atoms with van der Waals surface area (Å²) in [6.07, 6.45) is 2.74.